The summed E-state index contributed by atoms with van der Waals surface area (Å²) < 4.78 is 6.40. The fourth-order valence-electron chi connectivity index (χ4n) is 1.96. The van der Waals surface area contributed by atoms with Crippen LogP contribution in [-0.2, 0) is 0 Å². The van der Waals surface area contributed by atoms with Crippen molar-refractivity contribution in [3.05, 3.63) is 58.6 Å². The maximum atomic E-state index is 9.60. The number of ether oxygens (including phenoxy) is 1. The maximum Gasteiger partial charge on any atom is 0.119 e. The molecule has 106 valence electrons. The van der Waals surface area contributed by atoms with E-state index >= 15 is 0 Å². The van der Waals surface area contributed by atoms with E-state index in [-0.39, 0.29) is 12.6 Å². The molecular weight excluding hydrogens is 318 g/mol. The largest absolute Gasteiger partial charge is 0.494 e. The maximum absolute atomic E-state index is 9.60. The molecular formula is C16H18BrNO2. The molecule has 0 aliphatic rings. The van der Waals surface area contributed by atoms with Crippen LogP contribution in [0.4, 0.5) is 5.69 Å². The van der Waals surface area contributed by atoms with Crippen LogP contribution in [0.3, 0.4) is 0 Å². The number of benzene rings is 2. The number of nitrogens with one attached hydrogen (secondary N) is 1. The Morgan fingerprint density at radius 1 is 1.15 bits per heavy atom. The second kappa shape index (κ2) is 7.31. The zero-order valence-electron chi connectivity index (χ0n) is 11.3. The topological polar surface area (TPSA) is 41.5 Å². The lowest BCUT2D eigenvalue weighted by molar-refractivity contribution is 0.276. The Kier molecular flexibility index (Phi) is 5.44. The van der Waals surface area contributed by atoms with E-state index in [1.807, 2.05) is 55.5 Å². The van der Waals surface area contributed by atoms with Crippen LogP contribution >= 0.6 is 15.9 Å². The summed E-state index contributed by atoms with van der Waals surface area (Å²) in [6.07, 6.45) is 0. The van der Waals surface area contributed by atoms with Crippen molar-refractivity contribution in [1.82, 2.24) is 0 Å². The number of rotatable bonds is 6. The minimum absolute atomic E-state index is 0.0231. The van der Waals surface area contributed by atoms with Crippen LogP contribution in [0.1, 0.15) is 18.5 Å². The van der Waals surface area contributed by atoms with E-state index in [9.17, 15) is 5.11 Å². The highest BCUT2D eigenvalue weighted by Crippen LogP contribution is 2.27. The molecule has 0 aliphatic heterocycles. The fraction of sp³-hybridized carbons (Fsp3) is 0.250. The van der Waals surface area contributed by atoms with Crippen molar-refractivity contribution in [3.8, 4) is 5.75 Å². The molecule has 0 bridgehead atoms. The SMILES string of the molecule is CCOc1ccc(C(CO)Nc2ccccc2Br)cc1. The molecule has 0 spiro atoms. The summed E-state index contributed by atoms with van der Waals surface area (Å²) in [6, 6.07) is 15.5. The van der Waals surface area contributed by atoms with E-state index in [1.165, 1.54) is 0 Å². The van der Waals surface area contributed by atoms with Gasteiger partial charge in [0.25, 0.3) is 0 Å². The molecule has 0 aromatic heterocycles. The van der Waals surface area contributed by atoms with Crippen molar-refractivity contribution in [3.63, 3.8) is 0 Å². The van der Waals surface area contributed by atoms with Gasteiger partial charge in [-0.3, -0.25) is 0 Å². The third-order valence-electron chi connectivity index (χ3n) is 2.98. The van der Waals surface area contributed by atoms with Gasteiger partial charge < -0.3 is 15.2 Å². The normalized spacial score (nSPS) is 11.9. The molecule has 0 amide bonds. The molecule has 1 unspecified atom stereocenters. The zero-order chi connectivity index (χ0) is 14.4. The lowest BCUT2D eigenvalue weighted by Gasteiger charge is -2.19. The molecule has 2 N–H and O–H groups in total. The highest BCUT2D eigenvalue weighted by atomic mass is 79.9. The van der Waals surface area contributed by atoms with Crippen molar-refractivity contribution < 1.29 is 9.84 Å². The highest BCUT2D eigenvalue weighted by molar-refractivity contribution is 9.10. The summed E-state index contributed by atoms with van der Waals surface area (Å²) >= 11 is 3.49. The van der Waals surface area contributed by atoms with Crippen LogP contribution in [0.15, 0.2) is 53.0 Å². The predicted molar refractivity (Wildman–Crippen MR) is 85.2 cm³/mol. The highest BCUT2D eigenvalue weighted by Gasteiger charge is 2.11. The molecule has 2 rings (SSSR count). The summed E-state index contributed by atoms with van der Waals surface area (Å²) in [4.78, 5) is 0. The third-order valence-corrected chi connectivity index (χ3v) is 3.67. The van der Waals surface area contributed by atoms with Gasteiger partial charge in [-0.25, -0.2) is 0 Å². The number of hydrogen-bond acceptors (Lipinski definition) is 3. The van der Waals surface area contributed by atoms with Gasteiger partial charge in [0.1, 0.15) is 5.75 Å². The Bertz CT molecular complexity index is 542. The van der Waals surface area contributed by atoms with Crippen LogP contribution in [0, 0.1) is 0 Å². The number of anilines is 1. The summed E-state index contributed by atoms with van der Waals surface area (Å²) in [5.41, 5.74) is 1.98. The smallest absolute Gasteiger partial charge is 0.119 e. The Morgan fingerprint density at radius 2 is 1.85 bits per heavy atom. The van der Waals surface area contributed by atoms with E-state index in [2.05, 4.69) is 21.2 Å². The summed E-state index contributed by atoms with van der Waals surface area (Å²) in [5, 5.41) is 12.9. The molecule has 0 fully saturated rings. The Labute approximate surface area is 127 Å². The minimum atomic E-state index is -0.149. The quantitative estimate of drug-likeness (QED) is 0.838. The van der Waals surface area contributed by atoms with Crippen LogP contribution < -0.4 is 10.1 Å². The monoisotopic (exact) mass is 335 g/mol. The number of hydrogen-bond donors (Lipinski definition) is 2. The third kappa shape index (κ3) is 3.74. The van der Waals surface area contributed by atoms with Gasteiger partial charge in [-0.15, -0.1) is 0 Å². The van der Waals surface area contributed by atoms with Crippen molar-refractivity contribution in [2.24, 2.45) is 0 Å². The molecule has 0 radical (unpaired) electrons. The van der Waals surface area contributed by atoms with E-state index in [0.29, 0.717) is 6.61 Å². The standard InChI is InChI=1S/C16H18BrNO2/c1-2-20-13-9-7-12(8-10-13)16(11-19)18-15-6-4-3-5-14(15)17/h3-10,16,18-19H,2,11H2,1H3. The lowest BCUT2D eigenvalue weighted by Crippen LogP contribution is -2.15. The molecule has 4 heteroatoms. The van der Waals surface area contributed by atoms with Gasteiger partial charge in [-0.05, 0) is 52.7 Å². The first-order valence-corrected chi connectivity index (χ1v) is 7.38. The summed E-state index contributed by atoms with van der Waals surface area (Å²) in [5.74, 6) is 0.842. The number of aliphatic hydroxyl groups is 1. The molecule has 0 aliphatic carbocycles. The predicted octanol–water partition coefficient (Wildman–Crippen LogP) is 3.99. The van der Waals surface area contributed by atoms with E-state index in [4.69, 9.17) is 4.74 Å². The first-order chi connectivity index (χ1) is 9.74. The first kappa shape index (κ1) is 14.9. The molecule has 2 aromatic rings. The summed E-state index contributed by atoms with van der Waals surface area (Å²) in [6.45, 7) is 2.63. The lowest BCUT2D eigenvalue weighted by atomic mass is 10.1. The Hall–Kier alpha value is -1.52. The number of halogens is 1. The van der Waals surface area contributed by atoms with Crippen molar-refractivity contribution in [2.45, 2.75) is 13.0 Å². The van der Waals surface area contributed by atoms with Crippen LogP contribution in [-0.4, -0.2) is 18.3 Å². The van der Waals surface area contributed by atoms with Gasteiger partial charge in [0.15, 0.2) is 0 Å². The molecule has 0 saturated carbocycles. The zero-order valence-corrected chi connectivity index (χ0v) is 12.9. The molecule has 0 heterocycles. The van der Waals surface area contributed by atoms with Gasteiger partial charge in [0.2, 0.25) is 0 Å². The second-order valence-corrected chi connectivity index (χ2v) is 5.22. The molecule has 1 atom stereocenters. The summed E-state index contributed by atoms with van der Waals surface area (Å²) in [7, 11) is 0. The van der Waals surface area contributed by atoms with Gasteiger partial charge >= 0.3 is 0 Å². The van der Waals surface area contributed by atoms with Crippen molar-refractivity contribution in [1.29, 1.82) is 0 Å². The Morgan fingerprint density at radius 3 is 2.45 bits per heavy atom. The molecule has 3 nitrogen and oxygen atoms in total. The number of para-hydroxylation sites is 1. The second-order valence-electron chi connectivity index (χ2n) is 4.36. The Balaban J connectivity index is 2.13. The van der Waals surface area contributed by atoms with E-state index < -0.39 is 0 Å². The first-order valence-electron chi connectivity index (χ1n) is 6.59. The molecule has 2 aromatic carbocycles. The fourth-order valence-corrected chi connectivity index (χ4v) is 2.36. The number of aliphatic hydroxyl groups excluding tert-OH is 1. The van der Waals surface area contributed by atoms with Gasteiger partial charge in [0, 0.05) is 10.2 Å². The van der Waals surface area contributed by atoms with Crippen molar-refractivity contribution in [2.75, 3.05) is 18.5 Å². The minimum Gasteiger partial charge on any atom is -0.494 e. The van der Waals surface area contributed by atoms with Crippen LogP contribution in [0.2, 0.25) is 0 Å². The van der Waals surface area contributed by atoms with Crippen LogP contribution in [0.5, 0.6) is 5.75 Å². The van der Waals surface area contributed by atoms with Crippen molar-refractivity contribution >= 4 is 21.6 Å². The van der Waals surface area contributed by atoms with E-state index in [0.717, 1.165) is 21.5 Å². The average molecular weight is 336 g/mol. The molecule has 20 heavy (non-hydrogen) atoms. The molecule has 0 saturated heterocycles. The van der Waals surface area contributed by atoms with Gasteiger partial charge in [-0.2, -0.15) is 0 Å². The van der Waals surface area contributed by atoms with Gasteiger partial charge in [-0.1, -0.05) is 24.3 Å². The average Bonchev–Trinajstić information content (AvgIpc) is 2.48. The van der Waals surface area contributed by atoms with Crippen LogP contribution in [0.25, 0.3) is 0 Å². The van der Waals surface area contributed by atoms with Gasteiger partial charge in [0.05, 0.1) is 19.3 Å². The van der Waals surface area contributed by atoms with E-state index in [1.54, 1.807) is 0 Å².